The molecule has 2 unspecified atom stereocenters. The number of nitrogens with zero attached hydrogens (tertiary/aromatic N) is 1. The van der Waals surface area contributed by atoms with Gasteiger partial charge in [-0.3, -0.25) is 4.90 Å². The Labute approximate surface area is 95.1 Å². The third-order valence-corrected chi connectivity index (χ3v) is 2.20. The van der Waals surface area contributed by atoms with Crippen LogP contribution >= 0.6 is 31.9 Å². The molecule has 5 heteroatoms. The predicted molar refractivity (Wildman–Crippen MR) is 59.0 cm³/mol. The van der Waals surface area contributed by atoms with Crippen molar-refractivity contribution < 1.29 is 8.78 Å². The first-order chi connectivity index (χ1) is 6.06. The highest BCUT2D eigenvalue weighted by molar-refractivity contribution is 9.09. The lowest BCUT2D eigenvalue weighted by molar-refractivity contribution is 0.208. The van der Waals surface area contributed by atoms with Gasteiger partial charge in [0.25, 0.3) is 0 Å². The topological polar surface area (TPSA) is 3.24 Å². The first-order valence-electron chi connectivity index (χ1n) is 4.35. The molecule has 0 aliphatic heterocycles. The van der Waals surface area contributed by atoms with Crippen LogP contribution in [0.1, 0.15) is 19.8 Å². The van der Waals surface area contributed by atoms with Gasteiger partial charge in [0.15, 0.2) is 10.2 Å². The fraction of sp³-hybridized carbons (Fsp3) is 1.00. The Hall–Kier alpha value is 0.780. The van der Waals surface area contributed by atoms with Crippen LogP contribution in [0, 0.1) is 0 Å². The van der Waals surface area contributed by atoms with E-state index in [-0.39, 0.29) is 13.1 Å². The third kappa shape index (κ3) is 9.09. The van der Waals surface area contributed by atoms with Crippen LogP contribution in [0.4, 0.5) is 8.78 Å². The fourth-order valence-corrected chi connectivity index (χ4v) is 1.85. The summed E-state index contributed by atoms with van der Waals surface area (Å²) in [7, 11) is 0. The van der Waals surface area contributed by atoms with E-state index in [9.17, 15) is 8.78 Å². The van der Waals surface area contributed by atoms with Crippen LogP contribution in [0.25, 0.3) is 0 Å². The summed E-state index contributed by atoms with van der Waals surface area (Å²) in [5.74, 6) is 0. The molecule has 0 spiro atoms. The van der Waals surface area contributed by atoms with Gasteiger partial charge in [0.05, 0.1) is 0 Å². The molecule has 0 aromatic heterocycles. The second kappa shape index (κ2) is 8.12. The average Bonchev–Trinajstić information content (AvgIpc) is 1.98. The quantitative estimate of drug-likeness (QED) is 0.649. The molecule has 0 bridgehead atoms. The van der Waals surface area contributed by atoms with Crippen LogP contribution in [-0.2, 0) is 0 Å². The van der Waals surface area contributed by atoms with Crippen molar-refractivity contribution in [1.29, 1.82) is 0 Å². The summed E-state index contributed by atoms with van der Waals surface area (Å²) in [4.78, 5) is 1.77. The summed E-state index contributed by atoms with van der Waals surface area (Å²) in [5.41, 5.74) is 0. The van der Waals surface area contributed by atoms with Gasteiger partial charge in [-0.2, -0.15) is 0 Å². The lowest BCUT2D eigenvalue weighted by Gasteiger charge is -2.22. The maximum atomic E-state index is 12.6. The van der Waals surface area contributed by atoms with Crippen LogP contribution in [0.15, 0.2) is 0 Å². The molecule has 0 fully saturated rings. The highest BCUT2D eigenvalue weighted by Crippen LogP contribution is 2.09. The van der Waals surface area contributed by atoms with E-state index in [2.05, 4.69) is 38.8 Å². The molecule has 0 rings (SSSR count). The molecule has 0 aromatic carbocycles. The number of alkyl halides is 4. The van der Waals surface area contributed by atoms with Gasteiger partial charge in [-0.15, -0.1) is 0 Å². The van der Waals surface area contributed by atoms with E-state index in [1.807, 2.05) is 0 Å². The summed E-state index contributed by atoms with van der Waals surface area (Å²) < 4.78 is 25.1. The van der Waals surface area contributed by atoms with Crippen molar-refractivity contribution in [1.82, 2.24) is 4.90 Å². The van der Waals surface area contributed by atoms with Gasteiger partial charge in [0.2, 0.25) is 0 Å². The minimum absolute atomic E-state index is 0.242. The summed E-state index contributed by atoms with van der Waals surface area (Å²) in [5, 5.41) is -2.15. The molecule has 80 valence electrons. The zero-order chi connectivity index (χ0) is 10.3. The van der Waals surface area contributed by atoms with Crippen molar-refractivity contribution in [2.45, 2.75) is 29.9 Å². The second-order valence-corrected chi connectivity index (χ2v) is 4.88. The summed E-state index contributed by atoms with van der Waals surface area (Å²) in [6.45, 7) is 3.28. The largest absolute Gasteiger partial charge is 0.296 e. The Bertz CT molecular complexity index is 113. The monoisotopic (exact) mass is 321 g/mol. The van der Waals surface area contributed by atoms with Gasteiger partial charge in [-0.1, -0.05) is 45.2 Å². The normalized spacial score (nSPS) is 16.2. The fourth-order valence-electron chi connectivity index (χ4n) is 1.03. The molecule has 0 aromatic rings. The van der Waals surface area contributed by atoms with Crippen molar-refractivity contribution >= 4 is 31.9 Å². The van der Waals surface area contributed by atoms with E-state index in [1.54, 1.807) is 4.90 Å². The second-order valence-electron chi connectivity index (χ2n) is 2.90. The van der Waals surface area contributed by atoms with Crippen molar-refractivity contribution in [3.05, 3.63) is 0 Å². The molecule has 2 atom stereocenters. The van der Waals surface area contributed by atoms with E-state index in [0.29, 0.717) is 0 Å². The van der Waals surface area contributed by atoms with Crippen molar-refractivity contribution in [3.8, 4) is 0 Å². The van der Waals surface area contributed by atoms with Crippen molar-refractivity contribution in [2.75, 3.05) is 19.6 Å². The third-order valence-electron chi connectivity index (χ3n) is 1.62. The van der Waals surface area contributed by atoms with E-state index < -0.39 is 10.2 Å². The maximum absolute atomic E-state index is 12.6. The number of rotatable bonds is 7. The molecule has 0 aliphatic carbocycles. The molecule has 0 saturated carbocycles. The highest BCUT2D eigenvalue weighted by Gasteiger charge is 2.13. The Morgan fingerprint density at radius 2 is 1.62 bits per heavy atom. The molecular formula is C8H15Br2F2N. The smallest absolute Gasteiger partial charge is 0.167 e. The van der Waals surface area contributed by atoms with Gasteiger partial charge in [-0.25, -0.2) is 8.78 Å². The van der Waals surface area contributed by atoms with Crippen LogP contribution in [-0.4, -0.2) is 34.7 Å². The Kier molecular flexibility index (Phi) is 8.61. The van der Waals surface area contributed by atoms with Crippen LogP contribution < -0.4 is 0 Å². The number of halogens is 4. The van der Waals surface area contributed by atoms with Gasteiger partial charge in [-0.05, 0) is 13.0 Å². The van der Waals surface area contributed by atoms with Crippen LogP contribution in [0.3, 0.4) is 0 Å². The first-order valence-corrected chi connectivity index (χ1v) is 6.18. The van der Waals surface area contributed by atoms with Gasteiger partial charge in [0, 0.05) is 13.1 Å². The Morgan fingerprint density at radius 3 is 1.92 bits per heavy atom. The summed E-state index contributed by atoms with van der Waals surface area (Å²) >= 11 is 5.62. The lowest BCUT2D eigenvalue weighted by Crippen LogP contribution is -2.33. The van der Waals surface area contributed by atoms with Crippen LogP contribution in [0.2, 0.25) is 0 Å². The molecule has 13 heavy (non-hydrogen) atoms. The molecule has 0 radical (unpaired) electrons. The molecule has 0 saturated heterocycles. The van der Waals surface area contributed by atoms with Crippen molar-refractivity contribution in [3.63, 3.8) is 0 Å². The SMILES string of the molecule is CCCCN(CC(F)Br)CC(F)Br. The van der Waals surface area contributed by atoms with Gasteiger partial charge >= 0.3 is 0 Å². The highest BCUT2D eigenvalue weighted by atomic mass is 79.9. The average molecular weight is 323 g/mol. The van der Waals surface area contributed by atoms with Crippen LogP contribution in [0.5, 0.6) is 0 Å². The molecule has 0 aliphatic rings. The Morgan fingerprint density at radius 1 is 1.15 bits per heavy atom. The number of unbranched alkanes of at least 4 members (excludes halogenated alkanes) is 1. The van der Waals surface area contributed by atoms with E-state index in [0.717, 1.165) is 19.4 Å². The zero-order valence-corrected chi connectivity index (χ0v) is 10.8. The van der Waals surface area contributed by atoms with E-state index >= 15 is 0 Å². The summed E-state index contributed by atoms with van der Waals surface area (Å²) in [6.07, 6.45) is 2.01. The van der Waals surface area contributed by atoms with Gasteiger partial charge < -0.3 is 0 Å². The summed E-state index contributed by atoms with van der Waals surface area (Å²) in [6, 6.07) is 0. The number of hydrogen-bond acceptors (Lipinski definition) is 1. The maximum Gasteiger partial charge on any atom is 0.167 e. The minimum atomic E-state index is -1.07. The zero-order valence-electron chi connectivity index (χ0n) is 7.65. The molecule has 0 heterocycles. The molecule has 0 N–H and O–H groups in total. The molecule has 0 amide bonds. The Balaban J connectivity index is 3.73. The van der Waals surface area contributed by atoms with Crippen molar-refractivity contribution in [2.24, 2.45) is 0 Å². The van der Waals surface area contributed by atoms with E-state index in [1.165, 1.54) is 0 Å². The first kappa shape index (κ1) is 13.8. The van der Waals surface area contributed by atoms with E-state index in [4.69, 9.17) is 0 Å². The predicted octanol–water partition coefficient (Wildman–Crippen LogP) is 3.47. The molecular weight excluding hydrogens is 308 g/mol. The minimum Gasteiger partial charge on any atom is -0.296 e. The number of hydrogen-bond donors (Lipinski definition) is 0. The standard InChI is InChI=1S/C8H15Br2F2N/c1-2-3-4-13(5-7(9)11)6-8(10)12/h7-8H,2-6H2,1H3. The lowest BCUT2D eigenvalue weighted by atomic mass is 10.3. The van der Waals surface area contributed by atoms with Gasteiger partial charge in [0.1, 0.15) is 0 Å². The molecule has 1 nitrogen and oxygen atoms in total.